The maximum absolute atomic E-state index is 13.0. The number of hydrogen-bond acceptors (Lipinski definition) is 5. The third kappa shape index (κ3) is 4.59. The summed E-state index contributed by atoms with van der Waals surface area (Å²) >= 11 is 0. The van der Waals surface area contributed by atoms with E-state index >= 15 is 0 Å². The van der Waals surface area contributed by atoms with Gasteiger partial charge in [-0.1, -0.05) is 12.1 Å². The van der Waals surface area contributed by atoms with Crippen LogP contribution in [0.1, 0.15) is 16.7 Å². The highest BCUT2D eigenvalue weighted by atomic mass is 32.2. The maximum Gasteiger partial charge on any atom is 0.328 e. The van der Waals surface area contributed by atoms with Gasteiger partial charge in [-0.3, -0.25) is 4.72 Å². The number of carbonyl (C=O) groups is 1. The minimum atomic E-state index is -4.03. The zero-order chi connectivity index (χ0) is 20.2. The van der Waals surface area contributed by atoms with E-state index in [-0.39, 0.29) is 16.4 Å². The number of rotatable bonds is 7. The van der Waals surface area contributed by atoms with E-state index in [1.54, 1.807) is 12.1 Å². The van der Waals surface area contributed by atoms with Crippen molar-refractivity contribution in [3.05, 3.63) is 53.1 Å². The van der Waals surface area contributed by atoms with Gasteiger partial charge < -0.3 is 14.6 Å². The van der Waals surface area contributed by atoms with E-state index in [0.29, 0.717) is 11.3 Å². The Labute approximate surface area is 158 Å². The van der Waals surface area contributed by atoms with E-state index in [0.717, 1.165) is 17.2 Å². The SMILES string of the molecule is COc1cc(/C=C/C(=O)O)cc(S(=O)(=O)Nc2cccc(C)c2C)c1OC. The summed E-state index contributed by atoms with van der Waals surface area (Å²) in [6.45, 7) is 3.70. The molecule has 0 radical (unpaired) electrons. The van der Waals surface area contributed by atoms with Crippen molar-refractivity contribution in [3.8, 4) is 11.5 Å². The van der Waals surface area contributed by atoms with E-state index in [1.165, 1.54) is 32.4 Å². The van der Waals surface area contributed by atoms with Crippen LogP contribution in [-0.4, -0.2) is 33.7 Å². The van der Waals surface area contributed by atoms with E-state index in [4.69, 9.17) is 14.6 Å². The van der Waals surface area contributed by atoms with Crippen molar-refractivity contribution >= 4 is 27.8 Å². The summed E-state index contributed by atoms with van der Waals surface area (Å²) in [5.74, 6) is -0.947. The number of nitrogens with one attached hydrogen (secondary N) is 1. The Morgan fingerprint density at radius 1 is 1.15 bits per heavy atom. The molecule has 0 spiro atoms. The number of carboxylic acid groups (broad SMARTS) is 1. The third-order valence-electron chi connectivity index (χ3n) is 4.02. The number of methoxy groups -OCH3 is 2. The Balaban J connectivity index is 2.61. The third-order valence-corrected chi connectivity index (χ3v) is 5.39. The van der Waals surface area contributed by atoms with Crippen LogP contribution in [-0.2, 0) is 14.8 Å². The molecule has 8 heteroatoms. The molecule has 0 saturated carbocycles. The molecule has 2 aromatic carbocycles. The number of sulfonamides is 1. The van der Waals surface area contributed by atoms with Gasteiger partial charge in [-0.05, 0) is 54.8 Å². The van der Waals surface area contributed by atoms with Gasteiger partial charge in [0.2, 0.25) is 0 Å². The first-order valence-corrected chi connectivity index (χ1v) is 9.44. The molecule has 0 unspecified atom stereocenters. The minimum Gasteiger partial charge on any atom is -0.493 e. The molecule has 2 aromatic rings. The molecule has 0 fully saturated rings. The van der Waals surface area contributed by atoms with Crippen LogP contribution in [0.2, 0.25) is 0 Å². The van der Waals surface area contributed by atoms with E-state index < -0.39 is 16.0 Å². The van der Waals surface area contributed by atoms with Crippen LogP contribution in [0.3, 0.4) is 0 Å². The Morgan fingerprint density at radius 3 is 2.44 bits per heavy atom. The summed E-state index contributed by atoms with van der Waals surface area (Å²) in [7, 11) is -1.32. The van der Waals surface area contributed by atoms with Crippen molar-refractivity contribution in [2.45, 2.75) is 18.7 Å². The highest BCUT2D eigenvalue weighted by molar-refractivity contribution is 7.92. The molecule has 27 heavy (non-hydrogen) atoms. The Hall–Kier alpha value is -3.00. The quantitative estimate of drug-likeness (QED) is 0.703. The molecule has 144 valence electrons. The number of anilines is 1. The zero-order valence-electron chi connectivity index (χ0n) is 15.4. The van der Waals surface area contributed by atoms with Crippen LogP contribution in [0.5, 0.6) is 11.5 Å². The van der Waals surface area contributed by atoms with Crippen LogP contribution in [0, 0.1) is 13.8 Å². The second-order valence-electron chi connectivity index (χ2n) is 5.78. The first kappa shape index (κ1) is 20.3. The molecule has 0 aromatic heterocycles. The van der Waals surface area contributed by atoms with Gasteiger partial charge in [0.1, 0.15) is 4.90 Å². The summed E-state index contributed by atoms with van der Waals surface area (Å²) < 4.78 is 39.0. The van der Waals surface area contributed by atoms with Gasteiger partial charge in [0.25, 0.3) is 10.0 Å². The van der Waals surface area contributed by atoms with Crippen molar-refractivity contribution in [1.82, 2.24) is 0 Å². The van der Waals surface area contributed by atoms with Gasteiger partial charge >= 0.3 is 5.97 Å². The van der Waals surface area contributed by atoms with Crippen LogP contribution in [0.15, 0.2) is 41.3 Å². The van der Waals surface area contributed by atoms with Crippen molar-refractivity contribution in [2.75, 3.05) is 18.9 Å². The van der Waals surface area contributed by atoms with Gasteiger partial charge in [0, 0.05) is 6.08 Å². The number of carboxylic acids is 1. The zero-order valence-corrected chi connectivity index (χ0v) is 16.3. The maximum atomic E-state index is 13.0. The van der Waals surface area contributed by atoms with Crippen LogP contribution < -0.4 is 14.2 Å². The predicted molar refractivity (Wildman–Crippen MR) is 103 cm³/mol. The first-order valence-electron chi connectivity index (χ1n) is 7.95. The molecular weight excluding hydrogens is 370 g/mol. The molecule has 0 amide bonds. The summed E-state index contributed by atoms with van der Waals surface area (Å²) in [6, 6.07) is 8.12. The molecule has 0 aliphatic heterocycles. The predicted octanol–water partition coefficient (Wildman–Crippen LogP) is 3.22. The fraction of sp³-hybridized carbons (Fsp3) is 0.211. The normalized spacial score (nSPS) is 11.4. The number of benzene rings is 2. The highest BCUT2D eigenvalue weighted by Crippen LogP contribution is 2.37. The van der Waals surface area contributed by atoms with Crippen LogP contribution >= 0.6 is 0 Å². The van der Waals surface area contributed by atoms with Gasteiger partial charge in [0.05, 0.1) is 19.9 Å². The molecule has 7 nitrogen and oxygen atoms in total. The number of hydrogen-bond donors (Lipinski definition) is 2. The molecule has 0 bridgehead atoms. The van der Waals surface area contributed by atoms with Crippen molar-refractivity contribution in [3.63, 3.8) is 0 Å². The lowest BCUT2D eigenvalue weighted by Crippen LogP contribution is -2.15. The molecule has 0 heterocycles. The van der Waals surface area contributed by atoms with Crippen molar-refractivity contribution in [1.29, 1.82) is 0 Å². The van der Waals surface area contributed by atoms with Gasteiger partial charge in [-0.25, -0.2) is 13.2 Å². The molecule has 2 N–H and O–H groups in total. The lowest BCUT2D eigenvalue weighted by atomic mass is 10.1. The molecule has 0 saturated heterocycles. The van der Waals surface area contributed by atoms with Gasteiger partial charge in [-0.15, -0.1) is 0 Å². The number of aryl methyl sites for hydroxylation is 1. The average molecular weight is 391 g/mol. The Morgan fingerprint density at radius 2 is 1.85 bits per heavy atom. The number of aliphatic carboxylic acids is 1. The van der Waals surface area contributed by atoms with E-state index in [9.17, 15) is 13.2 Å². The van der Waals surface area contributed by atoms with Gasteiger partial charge in [0.15, 0.2) is 11.5 Å². The summed E-state index contributed by atoms with van der Waals surface area (Å²) in [6.07, 6.45) is 2.19. The lowest BCUT2D eigenvalue weighted by molar-refractivity contribution is -0.131. The Bertz CT molecular complexity index is 995. The summed E-state index contributed by atoms with van der Waals surface area (Å²) in [5, 5.41) is 8.81. The van der Waals surface area contributed by atoms with E-state index in [2.05, 4.69) is 4.72 Å². The lowest BCUT2D eigenvalue weighted by Gasteiger charge is -2.17. The van der Waals surface area contributed by atoms with Crippen LogP contribution in [0.4, 0.5) is 5.69 Å². The largest absolute Gasteiger partial charge is 0.493 e. The molecule has 0 aliphatic rings. The average Bonchev–Trinajstić information content (AvgIpc) is 2.62. The number of ether oxygens (including phenoxy) is 2. The van der Waals surface area contributed by atoms with Crippen LogP contribution in [0.25, 0.3) is 6.08 Å². The fourth-order valence-electron chi connectivity index (χ4n) is 2.47. The van der Waals surface area contributed by atoms with Gasteiger partial charge in [-0.2, -0.15) is 0 Å². The van der Waals surface area contributed by atoms with E-state index in [1.807, 2.05) is 19.9 Å². The van der Waals surface area contributed by atoms with Crippen molar-refractivity contribution in [2.24, 2.45) is 0 Å². The molecule has 2 rings (SSSR count). The smallest absolute Gasteiger partial charge is 0.328 e. The molecule has 0 atom stereocenters. The standard InChI is InChI=1S/C19H21NO6S/c1-12-6-5-7-15(13(12)2)20-27(23,24)17-11-14(8-9-18(21)22)10-16(25-3)19(17)26-4/h5-11,20H,1-4H3,(H,21,22)/b9-8+. The highest BCUT2D eigenvalue weighted by Gasteiger charge is 2.24. The monoisotopic (exact) mass is 391 g/mol. The summed E-state index contributed by atoms with van der Waals surface area (Å²) in [5.41, 5.74) is 2.53. The summed E-state index contributed by atoms with van der Waals surface area (Å²) in [4.78, 5) is 10.6. The fourth-order valence-corrected chi connectivity index (χ4v) is 3.81. The Kier molecular flexibility index (Phi) is 6.12. The second-order valence-corrected chi connectivity index (χ2v) is 7.43. The van der Waals surface area contributed by atoms with Crippen molar-refractivity contribution < 1.29 is 27.8 Å². The molecule has 0 aliphatic carbocycles. The minimum absolute atomic E-state index is 0.0304. The first-order chi connectivity index (χ1) is 12.7. The second kappa shape index (κ2) is 8.13. The molecular formula is C19H21NO6S. The topological polar surface area (TPSA) is 102 Å².